The van der Waals surface area contributed by atoms with Crippen LogP contribution in [0.15, 0.2) is 91.0 Å². The molecule has 1 heterocycles. The fraction of sp³-hybridized carbons (Fsp3) is 0.296. The zero-order chi connectivity index (χ0) is 23.8. The highest BCUT2D eigenvalue weighted by Crippen LogP contribution is 2.27. The summed E-state index contributed by atoms with van der Waals surface area (Å²) in [7, 11) is 0. The van der Waals surface area contributed by atoms with Crippen molar-refractivity contribution in [1.29, 1.82) is 0 Å². The third-order valence-corrected chi connectivity index (χ3v) is 5.57. The maximum Gasteiger partial charge on any atom is 0.338 e. The standard InChI is InChI=1S/C27H28O7/c28-23-22(18-31-16-19-10-4-1-5-11-19)33-27(30)25(34-26(29)21-14-8-3-9-15-21)24(23)32-17-20-12-6-2-7-13-20/h1-15,22-25,27-28,30H,16-18H2/t22?,23-,24-,25+,27?/m0/s1. The Bertz CT molecular complexity index is 1010. The van der Waals surface area contributed by atoms with Gasteiger partial charge in [-0.3, -0.25) is 0 Å². The number of ether oxygens (including phenoxy) is 4. The largest absolute Gasteiger partial charge is 0.450 e. The average Bonchev–Trinajstić information content (AvgIpc) is 2.88. The van der Waals surface area contributed by atoms with Gasteiger partial charge in [0.15, 0.2) is 12.4 Å². The predicted octanol–water partition coefficient (Wildman–Crippen LogP) is 3.09. The lowest BCUT2D eigenvalue weighted by Crippen LogP contribution is -2.60. The number of carbonyl (C=O) groups is 1. The molecule has 1 saturated heterocycles. The Morgan fingerprint density at radius 2 is 1.32 bits per heavy atom. The van der Waals surface area contributed by atoms with Crippen LogP contribution in [0, 0.1) is 0 Å². The molecule has 0 radical (unpaired) electrons. The van der Waals surface area contributed by atoms with Gasteiger partial charge in [0.05, 0.1) is 25.4 Å². The van der Waals surface area contributed by atoms with E-state index in [1.54, 1.807) is 30.3 Å². The van der Waals surface area contributed by atoms with Crippen LogP contribution in [0.2, 0.25) is 0 Å². The summed E-state index contributed by atoms with van der Waals surface area (Å²) in [6, 6.07) is 27.4. The number of hydrogen-bond acceptors (Lipinski definition) is 7. The van der Waals surface area contributed by atoms with E-state index in [9.17, 15) is 15.0 Å². The van der Waals surface area contributed by atoms with Crippen LogP contribution < -0.4 is 0 Å². The summed E-state index contributed by atoms with van der Waals surface area (Å²) >= 11 is 0. The van der Waals surface area contributed by atoms with Crippen molar-refractivity contribution in [3.05, 3.63) is 108 Å². The summed E-state index contributed by atoms with van der Waals surface area (Å²) in [5.74, 6) is -0.646. The highest BCUT2D eigenvalue weighted by molar-refractivity contribution is 5.89. The summed E-state index contributed by atoms with van der Waals surface area (Å²) in [4.78, 5) is 12.6. The van der Waals surface area contributed by atoms with Gasteiger partial charge in [-0.2, -0.15) is 0 Å². The van der Waals surface area contributed by atoms with E-state index in [1.165, 1.54) is 0 Å². The molecule has 1 aliphatic heterocycles. The van der Waals surface area contributed by atoms with E-state index in [0.717, 1.165) is 11.1 Å². The van der Waals surface area contributed by atoms with Crippen molar-refractivity contribution in [2.75, 3.05) is 6.61 Å². The van der Waals surface area contributed by atoms with Crippen LogP contribution in [0.4, 0.5) is 0 Å². The molecule has 1 aliphatic rings. The molecule has 7 nitrogen and oxygen atoms in total. The van der Waals surface area contributed by atoms with Gasteiger partial charge in [0.1, 0.15) is 18.3 Å². The molecule has 34 heavy (non-hydrogen) atoms. The van der Waals surface area contributed by atoms with Gasteiger partial charge in [-0.05, 0) is 23.3 Å². The van der Waals surface area contributed by atoms with Crippen LogP contribution in [0.5, 0.6) is 0 Å². The molecular formula is C27H28O7. The van der Waals surface area contributed by atoms with Gasteiger partial charge in [0.2, 0.25) is 0 Å². The number of rotatable bonds is 9. The van der Waals surface area contributed by atoms with Crippen LogP contribution in [-0.2, 0) is 32.2 Å². The van der Waals surface area contributed by atoms with E-state index in [2.05, 4.69) is 0 Å². The Hall–Kier alpha value is -3.07. The monoisotopic (exact) mass is 464 g/mol. The van der Waals surface area contributed by atoms with E-state index in [-0.39, 0.29) is 13.2 Å². The van der Waals surface area contributed by atoms with Crippen molar-refractivity contribution >= 4 is 5.97 Å². The molecular weight excluding hydrogens is 436 g/mol. The third kappa shape index (κ3) is 6.28. The van der Waals surface area contributed by atoms with E-state index in [0.29, 0.717) is 12.2 Å². The number of carbonyl (C=O) groups excluding carboxylic acids is 1. The molecule has 0 saturated carbocycles. The van der Waals surface area contributed by atoms with Gasteiger partial charge in [-0.15, -0.1) is 0 Å². The minimum atomic E-state index is -1.50. The molecule has 3 aromatic rings. The van der Waals surface area contributed by atoms with Crippen molar-refractivity contribution in [2.24, 2.45) is 0 Å². The molecule has 5 atom stereocenters. The van der Waals surface area contributed by atoms with Crippen LogP contribution in [0.3, 0.4) is 0 Å². The van der Waals surface area contributed by atoms with E-state index >= 15 is 0 Å². The van der Waals surface area contributed by atoms with Gasteiger partial charge in [0.25, 0.3) is 0 Å². The normalized spacial score (nSPS) is 24.5. The molecule has 178 valence electrons. The lowest BCUT2D eigenvalue weighted by atomic mass is 9.98. The first-order valence-electron chi connectivity index (χ1n) is 11.2. The quantitative estimate of drug-likeness (QED) is 0.470. The van der Waals surface area contributed by atoms with Gasteiger partial charge in [0, 0.05) is 0 Å². The van der Waals surface area contributed by atoms with Crippen LogP contribution >= 0.6 is 0 Å². The highest BCUT2D eigenvalue weighted by atomic mass is 16.7. The lowest BCUT2D eigenvalue weighted by molar-refractivity contribution is -0.297. The second kappa shape index (κ2) is 11.9. The van der Waals surface area contributed by atoms with Gasteiger partial charge in [-0.25, -0.2) is 4.79 Å². The fourth-order valence-corrected chi connectivity index (χ4v) is 3.76. The maximum absolute atomic E-state index is 12.6. The first kappa shape index (κ1) is 24.1. The van der Waals surface area contributed by atoms with E-state index < -0.39 is 36.7 Å². The summed E-state index contributed by atoms with van der Waals surface area (Å²) in [5.41, 5.74) is 2.17. The van der Waals surface area contributed by atoms with Crippen molar-refractivity contribution in [1.82, 2.24) is 0 Å². The smallest absolute Gasteiger partial charge is 0.338 e. The molecule has 2 unspecified atom stereocenters. The summed E-state index contributed by atoms with van der Waals surface area (Å²) < 4.78 is 22.8. The van der Waals surface area contributed by atoms with Crippen molar-refractivity contribution < 1.29 is 34.0 Å². The van der Waals surface area contributed by atoms with E-state index in [1.807, 2.05) is 60.7 Å². The van der Waals surface area contributed by atoms with Crippen molar-refractivity contribution in [3.8, 4) is 0 Å². The number of hydrogen-bond donors (Lipinski definition) is 2. The maximum atomic E-state index is 12.6. The second-order valence-corrected chi connectivity index (χ2v) is 8.05. The average molecular weight is 465 g/mol. The summed E-state index contributed by atoms with van der Waals surface area (Å²) in [6.45, 7) is 0.509. The van der Waals surface area contributed by atoms with Crippen LogP contribution in [-0.4, -0.2) is 53.5 Å². The van der Waals surface area contributed by atoms with Gasteiger partial charge < -0.3 is 29.2 Å². The zero-order valence-corrected chi connectivity index (χ0v) is 18.6. The molecule has 0 aromatic heterocycles. The number of aliphatic hydroxyl groups excluding tert-OH is 2. The Morgan fingerprint density at radius 3 is 1.94 bits per heavy atom. The zero-order valence-electron chi connectivity index (χ0n) is 18.6. The van der Waals surface area contributed by atoms with Crippen molar-refractivity contribution in [2.45, 2.75) is 43.9 Å². The molecule has 2 N–H and O–H groups in total. The van der Waals surface area contributed by atoms with E-state index in [4.69, 9.17) is 18.9 Å². The fourth-order valence-electron chi connectivity index (χ4n) is 3.76. The minimum Gasteiger partial charge on any atom is -0.450 e. The Labute approximate surface area is 198 Å². The topological polar surface area (TPSA) is 94.5 Å². The first-order valence-corrected chi connectivity index (χ1v) is 11.2. The number of aliphatic hydroxyl groups is 2. The first-order chi connectivity index (χ1) is 16.6. The SMILES string of the molecule is O=C(O[C@H]1C(O)OC(COCc2ccccc2)[C@H](O)[C@@H]1OCc1ccccc1)c1ccccc1. The molecule has 1 fully saturated rings. The lowest BCUT2D eigenvalue weighted by Gasteiger charge is -2.42. The molecule has 0 spiro atoms. The van der Waals surface area contributed by atoms with Crippen LogP contribution in [0.1, 0.15) is 21.5 Å². The molecule has 4 rings (SSSR count). The molecule has 0 aliphatic carbocycles. The molecule has 3 aromatic carbocycles. The summed E-state index contributed by atoms with van der Waals surface area (Å²) in [5, 5.41) is 21.7. The van der Waals surface area contributed by atoms with Crippen molar-refractivity contribution in [3.63, 3.8) is 0 Å². The van der Waals surface area contributed by atoms with Gasteiger partial charge >= 0.3 is 5.97 Å². The Morgan fingerprint density at radius 1 is 0.765 bits per heavy atom. The summed E-state index contributed by atoms with van der Waals surface area (Å²) in [6.07, 6.45) is -5.82. The highest BCUT2D eigenvalue weighted by Gasteiger charge is 2.48. The number of benzene rings is 3. The van der Waals surface area contributed by atoms with Gasteiger partial charge in [-0.1, -0.05) is 78.9 Å². The molecule has 0 bridgehead atoms. The Balaban J connectivity index is 1.45. The second-order valence-electron chi connectivity index (χ2n) is 8.05. The minimum absolute atomic E-state index is 0.0255. The number of esters is 1. The van der Waals surface area contributed by atoms with Crippen LogP contribution in [0.25, 0.3) is 0 Å². The predicted molar refractivity (Wildman–Crippen MR) is 124 cm³/mol. The third-order valence-electron chi connectivity index (χ3n) is 5.57. The Kier molecular flexibility index (Phi) is 8.41. The molecule has 7 heteroatoms. The molecule has 0 amide bonds.